The number of rotatable bonds is 7. The van der Waals surface area contributed by atoms with Crippen LogP contribution < -0.4 is 4.57 Å². The van der Waals surface area contributed by atoms with Gasteiger partial charge in [-0.3, -0.25) is 0 Å². The van der Waals surface area contributed by atoms with E-state index in [9.17, 15) is 0 Å². The minimum atomic E-state index is 1.14. The minimum Gasteiger partial charge on any atom is -0.248 e. The van der Waals surface area contributed by atoms with Crippen LogP contribution in [0.2, 0.25) is 0 Å². The average molecular weight is 213 g/mol. The number of nitrogens with one attached hydrogen (secondary N) is 1. The Morgan fingerprint density at radius 3 is 2.86 bits per heavy atom. The lowest BCUT2D eigenvalue weighted by atomic mass is 10.3. The Kier molecular flexibility index (Phi) is 5.76. The van der Waals surface area contributed by atoms with Gasteiger partial charge in [-0.15, -0.1) is 0 Å². The molecule has 14 heavy (non-hydrogen) atoms. The van der Waals surface area contributed by atoms with Gasteiger partial charge in [0.15, 0.2) is 0 Å². The Balaban J connectivity index is 2.30. The number of hydrogen-bond acceptors (Lipinski definition) is 1. The fraction of sp³-hybridized carbons (Fsp3) is 0.727. The fourth-order valence-electron chi connectivity index (χ4n) is 1.47. The van der Waals surface area contributed by atoms with E-state index in [2.05, 4.69) is 29.6 Å². The molecule has 80 valence electrons. The molecule has 0 aliphatic rings. The molecule has 0 fully saturated rings. The highest BCUT2D eigenvalue weighted by molar-refractivity contribution is 7.99. The molecular formula is C11H21N2S+. The van der Waals surface area contributed by atoms with Crippen LogP contribution in [0, 0.1) is 0 Å². The van der Waals surface area contributed by atoms with Crippen LogP contribution in [0.1, 0.15) is 32.5 Å². The van der Waals surface area contributed by atoms with Gasteiger partial charge in [-0.2, -0.15) is 11.8 Å². The van der Waals surface area contributed by atoms with Crippen molar-refractivity contribution in [3.8, 4) is 0 Å². The molecule has 1 aromatic rings. The molecule has 1 aromatic heterocycles. The lowest BCUT2D eigenvalue weighted by Gasteiger charge is -1.99. The van der Waals surface area contributed by atoms with Crippen molar-refractivity contribution in [3.05, 3.63) is 18.2 Å². The normalized spacial score (nSPS) is 10.7. The van der Waals surface area contributed by atoms with Crippen molar-refractivity contribution in [1.82, 2.24) is 4.98 Å². The summed E-state index contributed by atoms with van der Waals surface area (Å²) in [6.45, 7) is 5.60. The highest BCUT2D eigenvalue weighted by Crippen LogP contribution is 2.01. The van der Waals surface area contributed by atoms with Gasteiger partial charge in [0, 0.05) is 12.2 Å². The third kappa shape index (κ3) is 3.74. The van der Waals surface area contributed by atoms with E-state index in [4.69, 9.17) is 0 Å². The molecule has 0 aliphatic carbocycles. The molecule has 2 nitrogen and oxygen atoms in total. The number of thioether (sulfide) groups is 1. The Morgan fingerprint density at radius 1 is 1.29 bits per heavy atom. The highest BCUT2D eigenvalue weighted by Gasteiger charge is 2.07. The first-order valence-electron chi connectivity index (χ1n) is 5.52. The van der Waals surface area contributed by atoms with E-state index in [0.717, 1.165) is 13.0 Å². The third-order valence-electron chi connectivity index (χ3n) is 2.16. The molecular weight excluding hydrogens is 192 g/mol. The SMILES string of the molecule is CCCSCC[n+]1cc[nH]c1CCC. The van der Waals surface area contributed by atoms with Gasteiger partial charge in [0.2, 0.25) is 0 Å². The van der Waals surface area contributed by atoms with Crippen LogP contribution in [-0.2, 0) is 13.0 Å². The van der Waals surface area contributed by atoms with Crippen LogP contribution in [0.4, 0.5) is 0 Å². The molecule has 0 aliphatic heterocycles. The van der Waals surface area contributed by atoms with Gasteiger partial charge in [0.1, 0.15) is 12.4 Å². The van der Waals surface area contributed by atoms with Crippen molar-refractivity contribution in [2.75, 3.05) is 11.5 Å². The van der Waals surface area contributed by atoms with Crippen molar-refractivity contribution >= 4 is 11.8 Å². The van der Waals surface area contributed by atoms with Crippen molar-refractivity contribution in [3.63, 3.8) is 0 Å². The van der Waals surface area contributed by atoms with Crippen molar-refractivity contribution in [2.24, 2.45) is 0 Å². The number of H-pyrrole nitrogens is 1. The monoisotopic (exact) mass is 213 g/mol. The predicted molar refractivity (Wildman–Crippen MR) is 62.6 cm³/mol. The quantitative estimate of drug-likeness (QED) is 0.544. The third-order valence-corrected chi connectivity index (χ3v) is 3.33. The van der Waals surface area contributed by atoms with Gasteiger partial charge in [-0.1, -0.05) is 13.8 Å². The van der Waals surface area contributed by atoms with Crippen molar-refractivity contribution in [1.29, 1.82) is 0 Å². The van der Waals surface area contributed by atoms with E-state index in [0.29, 0.717) is 0 Å². The minimum absolute atomic E-state index is 1.14. The predicted octanol–water partition coefficient (Wildman–Crippen LogP) is 2.40. The summed E-state index contributed by atoms with van der Waals surface area (Å²) in [6, 6.07) is 0. The summed E-state index contributed by atoms with van der Waals surface area (Å²) in [4.78, 5) is 3.30. The van der Waals surface area contributed by atoms with E-state index in [-0.39, 0.29) is 0 Å². The molecule has 0 atom stereocenters. The number of aromatic nitrogens is 2. The zero-order valence-electron chi connectivity index (χ0n) is 9.25. The molecule has 0 unspecified atom stereocenters. The first kappa shape index (κ1) is 11.6. The summed E-state index contributed by atoms with van der Waals surface area (Å²) in [5, 5.41) is 0. The zero-order valence-corrected chi connectivity index (χ0v) is 10.1. The summed E-state index contributed by atoms with van der Waals surface area (Å²) >= 11 is 2.04. The maximum atomic E-state index is 3.30. The molecule has 0 aromatic carbocycles. The van der Waals surface area contributed by atoms with Crippen LogP contribution in [0.5, 0.6) is 0 Å². The summed E-state index contributed by atoms with van der Waals surface area (Å²) < 4.78 is 2.34. The van der Waals surface area contributed by atoms with E-state index >= 15 is 0 Å². The summed E-state index contributed by atoms with van der Waals surface area (Å²) in [7, 11) is 0. The molecule has 0 saturated heterocycles. The number of aromatic amines is 1. The molecule has 1 N–H and O–H groups in total. The summed E-state index contributed by atoms with van der Waals surface area (Å²) in [5.74, 6) is 3.88. The Morgan fingerprint density at radius 2 is 2.14 bits per heavy atom. The molecule has 0 radical (unpaired) electrons. The van der Waals surface area contributed by atoms with Crippen LogP contribution in [0.25, 0.3) is 0 Å². The van der Waals surface area contributed by atoms with Gasteiger partial charge in [-0.05, 0) is 18.6 Å². The highest BCUT2D eigenvalue weighted by atomic mass is 32.2. The smallest absolute Gasteiger partial charge is 0.248 e. The molecule has 0 saturated carbocycles. The molecule has 1 rings (SSSR count). The Bertz CT molecular complexity index is 245. The largest absolute Gasteiger partial charge is 0.254 e. The van der Waals surface area contributed by atoms with Gasteiger partial charge < -0.3 is 0 Å². The van der Waals surface area contributed by atoms with E-state index < -0.39 is 0 Å². The van der Waals surface area contributed by atoms with Crippen LogP contribution in [-0.4, -0.2) is 16.5 Å². The molecule has 0 spiro atoms. The fourth-order valence-corrected chi connectivity index (χ4v) is 2.29. The maximum absolute atomic E-state index is 3.30. The number of nitrogens with zero attached hydrogens (tertiary/aromatic N) is 1. The van der Waals surface area contributed by atoms with Crippen LogP contribution in [0.15, 0.2) is 12.4 Å². The summed E-state index contributed by atoms with van der Waals surface area (Å²) in [5.41, 5.74) is 0. The molecule has 0 amide bonds. The lowest BCUT2D eigenvalue weighted by molar-refractivity contribution is -0.698. The maximum Gasteiger partial charge on any atom is 0.254 e. The van der Waals surface area contributed by atoms with Gasteiger partial charge in [-0.25, -0.2) is 9.55 Å². The van der Waals surface area contributed by atoms with E-state index in [1.807, 2.05) is 18.0 Å². The van der Waals surface area contributed by atoms with E-state index in [1.165, 1.54) is 30.2 Å². The van der Waals surface area contributed by atoms with Gasteiger partial charge >= 0.3 is 0 Å². The summed E-state index contributed by atoms with van der Waals surface area (Å²) in [6.07, 6.45) is 7.84. The topological polar surface area (TPSA) is 19.7 Å². The van der Waals surface area contributed by atoms with Crippen LogP contribution >= 0.6 is 11.8 Å². The van der Waals surface area contributed by atoms with Crippen molar-refractivity contribution in [2.45, 2.75) is 39.7 Å². The Labute approximate surface area is 91.1 Å². The van der Waals surface area contributed by atoms with E-state index in [1.54, 1.807) is 0 Å². The first-order chi connectivity index (χ1) is 6.88. The van der Waals surface area contributed by atoms with Gasteiger partial charge in [0.25, 0.3) is 5.82 Å². The lowest BCUT2D eigenvalue weighted by Crippen LogP contribution is -2.37. The second-order valence-electron chi connectivity index (χ2n) is 3.46. The molecule has 3 heteroatoms. The standard InChI is InChI=1S/C11H20N2S/c1-3-5-11-12-6-7-13(11)8-10-14-9-4-2/h6-7H,3-5,8-10H2,1-2H3/p+1. The zero-order chi connectivity index (χ0) is 10.2. The van der Waals surface area contributed by atoms with Gasteiger partial charge in [0.05, 0.1) is 6.54 Å². The second-order valence-corrected chi connectivity index (χ2v) is 4.69. The Hall–Kier alpha value is -0.440. The second kappa shape index (κ2) is 6.93. The first-order valence-corrected chi connectivity index (χ1v) is 6.67. The molecule has 1 heterocycles. The van der Waals surface area contributed by atoms with Crippen molar-refractivity contribution < 1.29 is 4.57 Å². The molecule has 0 bridgehead atoms. The number of aryl methyl sites for hydroxylation is 2. The average Bonchev–Trinajstić information content (AvgIpc) is 2.61. The number of hydrogen-bond donors (Lipinski definition) is 1. The number of imidazole rings is 1. The van der Waals surface area contributed by atoms with Crippen LogP contribution in [0.3, 0.4) is 0 Å².